The van der Waals surface area contributed by atoms with Crippen LogP contribution in [0.1, 0.15) is 25.7 Å². The van der Waals surface area contributed by atoms with Gasteiger partial charge in [0.05, 0.1) is 10.7 Å². The molecule has 1 aromatic carbocycles. The average molecular weight is 294 g/mol. The van der Waals surface area contributed by atoms with Gasteiger partial charge in [0.1, 0.15) is 5.54 Å². The summed E-state index contributed by atoms with van der Waals surface area (Å²) in [7, 11) is 0. The molecule has 2 atom stereocenters. The highest BCUT2D eigenvalue weighted by Gasteiger charge is 2.45. The number of nitrogens with one attached hydrogen (secondary N) is 1. The lowest BCUT2D eigenvalue weighted by Gasteiger charge is -2.43. The highest BCUT2D eigenvalue weighted by Crippen LogP contribution is 2.36. The molecular formula is C15H20ClN3O. The van der Waals surface area contributed by atoms with E-state index in [0.717, 1.165) is 38.0 Å². The average Bonchev–Trinajstić information content (AvgIpc) is 2.88. The van der Waals surface area contributed by atoms with Crippen molar-refractivity contribution in [1.82, 2.24) is 4.90 Å². The Hall–Kier alpha value is -1.26. The lowest BCUT2D eigenvalue weighted by Crippen LogP contribution is -2.59. The fourth-order valence-corrected chi connectivity index (χ4v) is 3.66. The number of primary amides is 1. The van der Waals surface area contributed by atoms with E-state index in [4.69, 9.17) is 17.3 Å². The number of hydrogen-bond donors (Lipinski definition) is 2. The van der Waals surface area contributed by atoms with Gasteiger partial charge >= 0.3 is 0 Å². The van der Waals surface area contributed by atoms with Crippen LogP contribution in [-0.4, -0.2) is 35.5 Å². The molecule has 2 heterocycles. The third kappa shape index (κ3) is 2.38. The van der Waals surface area contributed by atoms with Gasteiger partial charge in [-0.3, -0.25) is 4.79 Å². The smallest absolute Gasteiger partial charge is 0.243 e. The highest BCUT2D eigenvalue weighted by atomic mass is 35.5. The summed E-state index contributed by atoms with van der Waals surface area (Å²) in [5.74, 6) is -0.274. The number of nitrogens with two attached hydrogens (primary N) is 1. The largest absolute Gasteiger partial charge is 0.370 e. The molecule has 0 radical (unpaired) electrons. The molecular weight excluding hydrogens is 274 g/mol. The van der Waals surface area contributed by atoms with E-state index in [1.165, 1.54) is 6.42 Å². The van der Waals surface area contributed by atoms with Gasteiger partial charge < -0.3 is 16.0 Å². The van der Waals surface area contributed by atoms with Gasteiger partial charge in [0.15, 0.2) is 0 Å². The molecule has 2 saturated heterocycles. The van der Waals surface area contributed by atoms with Crippen molar-refractivity contribution in [1.29, 1.82) is 0 Å². The normalized spacial score (nSPS) is 29.9. The number of fused-ring (bicyclic) bond motifs is 1. The Bertz CT molecular complexity index is 522. The predicted octanol–water partition coefficient (Wildman–Crippen LogP) is 2.23. The molecule has 2 fully saturated rings. The van der Waals surface area contributed by atoms with Crippen LogP contribution in [0.4, 0.5) is 5.69 Å². The number of rotatable bonds is 3. The van der Waals surface area contributed by atoms with Gasteiger partial charge in [0.2, 0.25) is 5.91 Å². The van der Waals surface area contributed by atoms with E-state index in [0.29, 0.717) is 11.1 Å². The molecule has 108 valence electrons. The second-order valence-corrected chi connectivity index (χ2v) is 6.24. The maximum absolute atomic E-state index is 12.1. The number of halogens is 1. The van der Waals surface area contributed by atoms with Crippen molar-refractivity contribution in [3.63, 3.8) is 0 Å². The number of hydrogen-bond acceptors (Lipinski definition) is 3. The third-order valence-electron chi connectivity index (χ3n) is 4.63. The maximum atomic E-state index is 12.1. The van der Waals surface area contributed by atoms with E-state index in [2.05, 4.69) is 10.2 Å². The van der Waals surface area contributed by atoms with E-state index in [9.17, 15) is 4.79 Å². The Labute approximate surface area is 124 Å². The van der Waals surface area contributed by atoms with Gasteiger partial charge in [-0.05, 0) is 44.4 Å². The molecule has 0 aliphatic carbocycles. The number of benzene rings is 1. The Morgan fingerprint density at radius 3 is 2.95 bits per heavy atom. The predicted molar refractivity (Wildman–Crippen MR) is 80.8 cm³/mol. The summed E-state index contributed by atoms with van der Waals surface area (Å²) < 4.78 is 0. The van der Waals surface area contributed by atoms with Gasteiger partial charge in [0.25, 0.3) is 0 Å². The van der Waals surface area contributed by atoms with Crippen LogP contribution in [0.5, 0.6) is 0 Å². The Balaban J connectivity index is 1.85. The lowest BCUT2D eigenvalue weighted by atomic mass is 9.82. The van der Waals surface area contributed by atoms with Crippen molar-refractivity contribution in [3.8, 4) is 0 Å². The first kappa shape index (κ1) is 13.7. The second-order valence-electron chi connectivity index (χ2n) is 5.84. The summed E-state index contributed by atoms with van der Waals surface area (Å²) in [5.41, 5.74) is 5.84. The Morgan fingerprint density at radius 1 is 1.40 bits per heavy atom. The van der Waals surface area contributed by atoms with Gasteiger partial charge in [-0.1, -0.05) is 23.7 Å². The van der Waals surface area contributed by atoms with Crippen LogP contribution in [0.2, 0.25) is 5.02 Å². The van der Waals surface area contributed by atoms with Crippen molar-refractivity contribution in [3.05, 3.63) is 29.3 Å². The highest BCUT2D eigenvalue weighted by molar-refractivity contribution is 6.33. The van der Waals surface area contributed by atoms with Crippen LogP contribution in [0.3, 0.4) is 0 Å². The van der Waals surface area contributed by atoms with E-state index in [1.807, 2.05) is 24.3 Å². The van der Waals surface area contributed by atoms with Gasteiger partial charge in [0, 0.05) is 12.6 Å². The fourth-order valence-electron chi connectivity index (χ4n) is 3.48. The van der Waals surface area contributed by atoms with Gasteiger partial charge in [-0.15, -0.1) is 0 Å². The molecule has 1 aromatic rings. The van der Waals surface area contributed by atoms with Gasteiger partial charge in [-0.25, -0.2) is 0 Å². The van der Waals surface area contributed by atoms with Gasteiger partial charge in [-0.2, -0.15) is 0 Å². The van der Waals surface area contributed by atoms with Crippen LogP contribution in [-0.2, 0) is 4.79 Å². The summed E-state index contributed by atoms with van der Waals surface area (Å²) in [4.78, 5) is 14.5. The molecule has 1 amide bonds. The number of piperidine rings is 1. The van der Waals surface area contributed by atoms with Crippen molar-refractivity contribution < 1.29 is 4.79 Å². The summed E-state index contributed by atoms with van der Waals surface area (Å²) in [6.45, 7) is 2.07. The third-order valence-corrected chi connectivity index (χ3v) is 4.96. The summed E-state index contributed by atoms with van der Waals surface area (Å²) in [6.07, 6.45) is 3.88. The van der Waals surface area contributed by atoms with Crippen molar-refractivity contribution in [2.24, 2.45) is 5.73 Å². The zero-order valence-electron chi connectivity index (χ0n) is 11.4. The number of carbonyl (C=O) groups is 1. The maximum Gasteiger partial charge on any atom is 0.243 e. The standard InChI is InChI=1S/C15H20ClN3O/c16-12-5-1-2-6-13(12)18-15(14(17)20)7-9-19-8-3-4-11(19)10-15/h1-2,5-6,11,18H,3-4,7-10H2,(H2,17,20). The molecule has 4 nitrogen and oxygen atoms in total. The van der Waals surface area contributed by atoms with Crippen LogP contribution in [0.25, 0.3) is 0 Å². The minimum atomic E-state index is -0.670. The first-order chi connectivity index (χ1) is 9.61. The number of amides is 1. The summed E-state index contributed by atoms with van der Waals surface area (Å²) in [6, 6.07) is 7.97. The summed E-state index contributed by atoms with van der Waals surface area (Å²) >= 11 is 6.20. The van der Waals surface area contributed by atoms with Crippen molar-refractivity contribution in [2.75, 3.05) is 18.4 Å². The molecule has 0 spiro atoms. The van der Waals surface area contributed by atoms with Crippen LogP contribution in [0.15, 0.2) is 24.3 Å². The van der Waals surface area contributed by atoms with E-state index >= 15 is 0 Å². The van der Waals surface area contributed by atoms with E-state index in [1.54, 1.807) is 0 Å². The molecule has 2 aliphatic rings. The zero-order valence-corrected chi connectivity index (χ0v) is 12.2. The van der Waals surface area contributed by atoms with Crippen LogP contribution in [0, 0.1) is 0 Å². The van der Waals surface area contributed by atoms with E-state index in [-0.39, 0.29) is 5.91 Å². The molecule has 5 heteroatoms. The second kappa shape index (κ2) is 5.26. The van der Waals surface area contributed by atoms with Crippen LogP contribution < -0.4 is 11.1 Å². The fraction of sp³-hybridized carbons (Fsp3) is 0.533. The molecule has 2 aliphatic heterocycles. The topological polar surface area (TPSA) is 58.4 Å². The van der Waals surface area contributed by atoms with Crippen LogP contribution >= 0.6 is 11.6 Å². The minimum Gasteiger partial charge on any atom is -0.370 e. The monoisotopic (exact) mass is 293 g/mol. The SMILES string of the molecule is NC(=O)C1(Nc2ccccc2Cl)CCN2CCCC2C1. The molecule has 0 saturated carbocycles. The van der Waals surface area contributed by atoms with Crippen molar-refractivity contribution in [2.45, 2.75) is 37.3 Å². The summed E-state index contributed by atoms with van der Waals surface area (Å²) in [5, 5.41) is 3.97. The number of carbonyl (C=O) groups excluding carboxylic acids is 1. The number of anilines is 1. The molecule has 0 bridgehead atoms. The quantitative estimate of drug-likeness (QED) is 0.898. The lowest BCUT2D eigenvalue weighted by molar-refractivity contribution is -0.124. The molecule has 3 rings (SSSR count). The molecule has 3 N–H and O–H groups in total. The molecule has 2 unspecified atom stereocenters. The Morgan fingerprint density at radius 2 is 2.20 bits per heavy atom. The zero-order chi connectivity index (χ0) is 14.2. The molecule has 20 heavy (non-hydrogen) atoms. The van der Waals surface area contributed by atoms with E-state index < -0.39 is 5.54 Å². The Kier molecular flexibility index (Phi) is 3.61. The minimum absolute atomic E-state index is 0.274. The van der Waals surface area contributed by atoms with Crippen molar-refractivity contribution >= 4 is 23.2 Å². The number of para-hydroxylation sites is 1. The first-order valence-electron chi connectivity index (χ1n) is 7.17. The molecule has 0 aromatic heterocycles. The first-order valence-corrected chi connectivity index (χ1v) is 7.55. The number of nitrogens with zero attached hydrogens (tertiary/aromatic N) is 1.